The van der Waals surface area contributed by atoms with Crippen LogP contribution in [0.3, 0.4) is 0 Å². The Kier molecular flexibility index (Phi) is 4.46. The number of carbonyl (C=O) groups is 2. The van der Waals surface area contributed by atoms with Crippen LogP contribution in [-0.4, -0.2) is 17.0 Å². The molecular formula is C13H15NO3. The predicted octanol–water partition coefficient (Wildman–Crippen LogP) is 1.81. The fourth-order valence-corrected chi connectivity index (χ4v) is 1.35. The molecular weight excluding hydrogens is 218 g/mol. The van der Waals surface area contributed by atoms with E-state index in [9.17, 15) is 9.59 Å². The first kappa shape index (κ1) is 13.0. The van der Waals surface area contributed by atoms with Crippen LogP contribution in [0.15, 0.2) is 36.4 Å². The summed E-state index contributed by atoms with van der Waals surface area (Å²) in [6, 6.07) is 7.64. The van der Waals surface area contributed by atoms with Gasteiger partial charge >= 0.3 is 5.97 Å². The molecule has 2 N–H and O–H groups in total. The summed E-state index contributed by atoms with van der Waals surface area (Å²) in [5.74, 6) is -1.55. The van der Waals surface area contributed by atoms with Crippen molar-refractivity contribution in [3.05, 3.63) is 47.5 Å². The van der Waals surface area contributed by atoms with Gasteiger partial charge in [0.05, 0.1) is 6.04 Å². The van der Waals surface area contributed by atoms with Crippen molar-refractivity contribution < 1.29 is 14.7 Å². The van der Waals surface area contributed by atoms with Crippen LogP contribution in [0.4, 0.5) is 0 Å². The zero-order chi connectivity index (χ0) is 12.8. The van der Waals surface area contributed by atoms with Crippen molar-refractivity contribution in [1.82, 2.24) is 5.32 Å². The maximum absolute atomic E-state index is 11.3. The third kappa shape index (κ3) is 4.51. The van der Waals surface area contributed by atoms with E-state index < -0.39 is 11.9 Å². The monoisotopic (exact) mass is 233 g/mol. The molecule has 1 aromatic rings. The number of carboxylic acids is 1. The summed E-state index contributed by atoms with van der Waals surface area (Å²) in [6.07, 6.45) is 1.82. The standard InChI is InChI=1S/C13H15NO3/c1-9-3-5-11(6-4-9)10(2)14-12(15)7-8-13(16)17/h3-8,10H,1-2H3,(H,14,15)(H,16,17)/b8-7+. The van der Waals surface area contributed by atoms with Crippen LogP contribution >= 0.6 is 0 Å². The van der Waals surface area contributed by atoms with Gasteiger partial charge in [0, 0.05) is 12.2 Å². The van der Waals surface area contributed by atoms with Gasteiger partial charge < -0.3 is 10.4 Å². The number of carbonyl (C=O) groups excluding carboxylic acids is 1. The second-order valence-corrected chi connectivity index (χ2v) is 3.81. The van der Waals surface area contributed by atoms with Gasteiger partial charge in [-0.3, -0.25) is 4.79 Å². The van der Waals surface area contributed by atoms with Crippen molar-refractivity contribution in [2.75, 3.05) is 0 Å². The maximum Gasteiger partial charge on any atom is 0.328 e. The molecule has 0 saturated carbocycles. The topological polar surface area (TPSA) is 66.4 Å². The molecule has 0 saturated heterocycles. The van der Waals surface area contributed by atoms with Gasteiger partial charge in [-0.25, -0.2) is 4.79 Å². The molecule has 0 fully saturated rings. The lowest BCUT2D eigenvalue weighted by Gasteiger charge is -2.12. The van der Waals surface area contributed by atoms with Gasteiger partial charge in [-0.15, -0.1) is 0 Å². The molecule has 1 unspecified atom stereocenters. The van der Waals surface area contributed by atoms with Crippen LogP contribution in [0.2, 0.25) is 0 Å². The van der Waals surface area contributed by atoms with Crippen molar-refractivity contribution in [2.45, 2.75) is 19.9 Å². The zero-order valence-electron chi connectivity index (χ0n) is 9.81. The number of benzene rings is 1. The Balaban J connectivity index is 2.60. The van der Waals surface area contributed by atoms with E-state index in [2.05, 4.69) is 5.32 Å². The number of aliphatic carboxylic acids is 1. The highest BCUT2D eigenvalue weighted by atomic mass is 16.4. The van der Waals surface area contributed by atoms with Gasteiger partial charge in [-0.2, -0.15) is 0 Å². The first-order valence-electron chi connectivity index (χ1n) is 5.27. The van der Waals surface area contributed by atoms with Gasteiger partial charge in [-0.1, -0.05) is 29.8 Å². The number of hydrogen-bond acceptors (Lipinski definition) is 2. The minimum absolute atomic E-state index is 0.151. The van der Waals surface area contributed by atoms with Gasteiger partial charge in [0.1, 0.15) is 0 Å². The van der Waals surface area contributed by atoms with Crippen LogP contribution in [0.5, 0.6) is 0 Å². The van der Waals surface area contributed by atoms with Crippen molar-refractivity contribution in [3.8, 4) is 0 Å². The lowest BCUT2D eigenvalue weighted by molar-refractivity contribution is -0.131. The third-order valence-corrected chi connectivity index (χ3v) is 2.31. The fraction of sp³-hybridized carbons (Fsp3) is 0.231. The maximum atomic E-state index is 11.3. The normalized spacial score (nSPS) is 12.4. The lowest BCUT2D eigenvalue weighted by atomic mass is 10.1. The van der Waals surface area contributed by atoms with Gasteiger partial charge in [0.2, 0.25) is 5.91 Å². The van der Waals surface area contributed by atoms with Gasteiger partial charge in [-0.05, 0) is 19.4 Å². The van der Waals surface area contributed by atoms with E-state index in [0.717, 1.165) is 23.3 Å². The van der Waals surface area contributed by atoms with Crippen molar-refractivity contribution in [3.63, 3.8) is 0 Å². The van der Waals surface area contributed by atoms with Gasteiger partial charge in [0.25, 0.3) is 0 Å². The molecule has 0 bridgehead atoms. The second-order valence-electron chi connectivity index (χ2n) is 3.81. The predicted molar refractivity (Wildman–Crippen MR) is 64.5 cm³/mol. The summed E-state index contributed by atoms with van der Waals surface area (Å²) >= 11 is 0. The van der Waals surface area contributed by atoms with Gasteiger partial charge in [0.15, 0.2) is 0 Å². The Hall–Kier alpha value is -2.10. The second kappa shape index (κ2) is 5.84. The van der Waals surface area contributed by atoms with E-state index in [1.807, 2.05) is 38.1 Å². The van der Waals surface area contributed by atoms with Crippen LogP contribution in [0.1, 0.15) is 24.1 Å². The van der Waals surface area contributed by atoms with Crippen LogP contribution < -0.4 is 5.32 Å². The van der Waals surface area contributed by atoms with E-state index in [-0.39, 0.29) is 6.04 Å². The molecule has 0 heterocycles. The molecule has 1 atom stereocenters. The van der Waals surface area contributed by atoms with E-state index in [4.69, 9.17) is 5.11 Å². The molecule has 0 radical (unpaired) electrons. The van der Waals surface area contributed by atoms with Crippen LogP contribution in [0, 0.1) is 6.92 Å². The highest BCUT2D eigenvalue weighted by Crippen LogP contribution is 2.12. The first-order valence-corrected chi connectivity index (χ1v) is 5.27. The minimum atomic E-state index is -1.14. The zero-order valence-corrected chi connectivity index (χ0v) is 9.81. The summed E-state index contributed by atoms with van der Waals surface area (Å²) in [5, 5.41) is 11.1. The van der Waals surface area contributed by atoms with Crippen molar-refractivity contribution in [1.29, 1.82) is 0 Å². The van der Waals surface area contributed by atoms with E-state index >= 15 is 0 Å². The molecule has 1 rings (SSSR count). The van der Waals surface area contributed by atoms with Crippen molar-refractivity contribution in [2.24, 2.45) is 0 Å². The highest BCUT2D eigenvalue weighted by molar-refractivity contribution is 5.94. The molecule has 0 spiro atoms. The Morgan fingerprint density at radius 1 is 1.24 bits per heavy atom. The Morgan fingerprint density at radius 2 is 1.82 bits per heavy atom. The summed E-state index contributed by atoms with van der Waals surface area (Å²) in [4.78, 5) is 21.6. The first-order chi connectivity index (χ1) is 7.99. The Morgan fingerprint density at radius 3 is 2.35 bits per heavy atom. The number of nitrogens with one attached hydrogen (secondary N) is 1. The van der Waals surface area contributed by atoms with E-state index in [1.165, 1.54) is 0 Å². The van der Waals surface area contributed by atoms with Crippen LogP contribution in [0.25, 0.3) is 0 Å². The molecule has 1 aromatic carbocycles. The average Bonchev–Trinajstić information content (AvgIpc) is 2.27. The number of hydrogen-bond donors (Lipinski definition) is 2. The SMILES string of the molecule is Cc1ccc(C(C)NC(=O)/C=C/C(=O)O)cc1. The third-order valence-electron chi connectivity index (χ3n) is 2.31. The number of amides is 1. The quantitative estimate of drug-likeness (QED) is 0.779. The summed E-state index contributed by atoms with van der Waals surface area (Å²) in [6.45, 7) is 3.83. The molecule has 90 valence electrons. The highest BCUT2D eigenvalue weighted by Gasteiger charge is 2.07. The molecule has 0 aliphatic rings. The molecule has 4 heteroatoms. The Bertz CT molecular complexity index is 434. The largest absolute Gasteiger partial charge is 0.478 e. The smallest absolute Gasteiger partial charge is 0.328 e. The molecule has 17 heavy (non-hydrogen) atoms. The summed E-state index contributed by atoms with van der Waals surface area (Å²) < 4.78 is 0. The number of aryl methyl sites for hydroxylation is 1. The minimum Gasteiger partial charge on any atom is -0.478 e. The summed E-state index contributed by atoms with van der Waals surface area (Å²) in [7, 11) is 0. The average molecular weight is 233 g/mol. The molecule has 0 aliphatic carbocycles. The van der Waals surface area contributed by atoms with E-state index in [0.29, 0.717) is 0 Å². The molecule has 0 aromatic heterocycles. The number of carboxylic acid groups (broad SMARTS) is 1. The Labute approximate surface area is 100.0 Å². The number of rotatable bonds is 4. The van der Waals surface area contributed by atoms with Crippen LogP contribution in [-0.2, 0) is 9.59 Å². The van der Waals surface area contributed by atoms with E-state index in [1.54, 1.807) is 0 Å². The fourth-order valence-electron chi connectivity index (χ4n) is 1.35. The summed E-state index contributed by atoms with van der Waals surface area (Å²) in [5.41, 5.74) is 2.13. The molecule has 1 amide bonds. The molecule has 0 aliphatic heterocycles. The lowest BCUT2D eigenvalue weighted by Crippen LogP contribution is -2.24. The molecule has 4 nitrogen and oxygen atoms in total. The van der Waals surface area contributed by atoms with Crippen molar-refractivity contribution >= 4 is 11.9 Å².